The van der Waals surface area contributed by atoms with Crippen molar-refractivity contribution in [1.29, 1.82) is 0 Å². The Labute approximate surface area is 76.0 Å². The van der Waals surface area contributed by atoms with E-state index in [9.17, 15) is 8.78 Å². The van der Waals surface area contributed by atoms with E-state index >= 15 is 0 Å². The molecule has 0 amide bonds. The Morgan fingerprint density at radius 2 is 2.23 bits per heavy atom. The highest BCUT2D eigenvalue weighted by Crippen LogP contribution is 2.26. The van der Waals surface area contributed by atoms with E-state index in [4.69, 9.17) is 0 Å². The Balaban J connectivity index is 2.92. The van der Waals surface area contributed by atoms with Gasteiger partial charge in [0.15, 0.2) is 0 Å². The van der Waals surface area contributed by atoms with Crippen LogP contribution in [-0.2, 0) is 12.5 Å². The molecule has 1 heterocycles. The fourth-order valence-corrected chi connectivity index (χ4v) is 1.03. The number of pyridine rings is 1. The van der Waals surface area contributed by atoms with Crippen molar-refractivity contribution in [2.24, 2.45) is 0 Å². The maximum atomic E-state index is 12.8. The molecule has 0 saturated heterocycles. The Morgan fingerprint density at radius 3 is 2.77 bits per heavy atom. The number of nitrogens with one attached hydrogen (secondary N) is 1. The predicted octanol–water partition coefficient (Wildman–Crippen LogP) is 1.91. The van der Waals surface area contributed by atoms with Gasteiger partial charge in [0.25, 0.3) is 5.92 Å². The zero-order valence-corrected chi connectivity index (χ0v) is 7.64. The minimum Gasteiger partial charge on any atom is -0.314 e. The maximum absolute atomic E-state index is 12.8. The van der Waals surface area contributed by atoms with Crippen LogP contribution in [0.15, 0.2) is 18.3 Å². The third kappa shape index (κ3) is 2.73. The van der Waals surface area contributed by atoms with Crippen LogP contribution >= 0.6 is 0 Å². The fourth-order valence-electron chi connectivity index (χ4n) is 1.03. The number of alkyl halides is 2. The van der Waals surface area contributed by atoms with E-state index in [2.05, 4.69) is 10.3 Å². The predicted molar refractivity (Wildman–Crippen MR) is 46.6 cm³/mol. The molecule has 0 saturated carbocycles. The lowest BCUT2D eigenvalue weighted by Crippen LogP contribution is -2.11. The first-order chi connectivity index (χ1) is 6.04. The van der Waals surface area contributed by atoms with Crippen molar-refractivity contribution in [1.82, 2.24) is 10.3 Å². The molecule has 0 aliphatic rings. The molecular formula is C9H12F2N2. The van der Waals surface area contributed by atoms with Gasteiger partial charge in [-0.15, -0.1) is 0 Å². The molecule has 1 N–H and O–H groups in total. The van der Waals surface area contributed by atoms with Crippen molar-refractivity contribution in [3.63, 3.8) is 0 Å². The topological polar surface area (TPSA) is 24.9 Å². The standard InChI is InChI=1S/C9H12F2N2/c1-9(10,11)7-3-4-13-8(5-7)6-12-2/h3-5,12H,6H2,1-2H3. The lowest BCUT2D eigenvalue weighted by molar-refractivity contribution is 0.0173. The highest BCUT2D eigenvalue weighted by Gasteiger charge is 2.24. The van der Waals surface area contributed by atoms with Crippen molar-refractivity contribution in [3.8, 4) is 0 Å². The van der Waals surface area contributed by atoms with Crippen molar-refractivity contribution in [2.75, 3.05) is 7.05 Å². The van der Waals surface area contributed by atoms with E-state index in [1.807, 2.05) is 0 Å². The molecule has 13 heavy (non-hydrogen) atoms. The highest BCUT2D eigenvalue weighted by atomic mass is 19.3. The van der Waals surface area contributed by atoms with Gasteiger partial charge in [-0.1, -0.05) is 0 Å². The molecule has 0 aliphatic heterocycles. The van der Waals surface area contributed by atoms with E-state index in [1.54, 1.807) is 7.05 Å². The normalized spacial score (nSPS) is 11.7. The summed E-state index contributed by atoms with van der Waals surface area (Å²) in [6.45, 7) is 1.38. The van der Waals surface area contributed by atoms with Crippen LogP contribution in [-0.4, -0.2) is 12.0 Å². The second kappa shape index (κ2) is 3.79. The first-order valence-electron chi connectivity index (χ1n) is 4.02. The van der Waals surface area contributed by atoms with Crippen LogP contribution in [0.5, 0.6) is 0 Å². The van der Waals surface area contributed by atoms with E-state index in [0.717, 1.165) is 6.92 Å². The van der Waals surface area contributed by atoms with E-state index in [0.29, 0.717) is 12.2 Å². The summed E-state index contributed by atoms with van der Waals surface area (Å²) in [5.41, 5.74) is 0.634. The number of hydrogen-bond donors (Lipinski definition) is 1. The number of aromatic nitrogens is 1. The van der Waals surface area contributed by atoms with Crippen molar-refractivity contribution >= 4 is 0 Å². The third-order valence-corrected chi connectivity index (χ3v) is 1.68. The summed E-state index contributed by atoms with van der Waals surface area (Å²) in [5.74, 6) is -2.79. The third-order valence-electron chi connectivity index (χ3n) is 1.68. The minimum absolute atomic E-state index is 0.00718. The van der Waals surface area contributed by atoms with Gasteiger partial charge in [-0.25, -0.2) is 8.78 Å². The largest absolute Gasteiger partial charge is 0.314 e. The first kappa shape index (κ1) is 10.1. The van der Waals surface area contributed by atoms with Gasteiger partial charge in [-0.05, 0) is 19.2 Å². The highest BCUT2D eigenvalue weighted by molar-refractivity contribution is 5.20. The van der Waals surface area contributed by atoms with Gasteiger partial charge in [0.1, 0.15) is 0 Å². The SMILES string of the molecule is CNCc1cc(C(C)(F)F)ccn1. The summed E-state index contributed by atoms with van der Waals surface area (Å²) >= 11 is 0. The molecule has 0 spiro atoms. The van der Waals surface area contributed by atoms with Crippen LogP contribution < -0.4 is 5.32 Å². The Bertz CT molecular complexity index is 281. The molecule has 0 aromatic carbocycles. The van der Waals surface area contributed by atoms with Crippen LogP contribution in [0.1, 0.15) is 18.2 Å². The summed E-state index contributed by atoms with van der Waals surface area (Å²) in [6, 6.07) is 2.75. The van der Waals surface area contributed by atoms with Gasteiger partial charge in [-0.3, -0.25) is 4.98 Å². The van der Waals surface area contributed by atoms with Gasteiger partial charge in [-0.2, -0.15) is 0 Å². The average Bonchev–Trinajstić information content (AvgIpc) is 2.04. The number of halogens is 2. The summed E-state index contributed by atoms with van der Waals surface area (Å²) in [7, 11) is 1.75. The van der Waals surface area contributed by atoms with E-state index < -0.39 is 5.92 Å². The summed E-state index contributed by atoms with van der Waals surface area (Å²) < 4.78 is 25.7. The van der Waals surface area contributed by atoms with Gasteiger partial charge >= 0.3 is 0 Å². The van der Waals surface area contributed by atoms with Crippen LogP contribution in [0.4, 0.5) is 8.78 Å². The molecular weight excluding hydrogens is 174 g/mol. The molecule has 0 aliphatic carbocycles. The summed E-state index contributed by atoms with van der Waals surface area (Å²) in [4.78, 5) is 3.95. The lowest BCUT2D eigenvalue weighted by Gasteiger charge is -2.10. The quantitative estimate of drug-likeness (QED) is 0.780. The molecule has 2 nitrogen and oxygen atoms in total. The van der Waals surface area contributed by atoms with Crippen LogP contribution in [0.25, 0.3) is 0 Å². The number of rotatable bonds is 3. The molecule has 1 aromatic heterocycles. The monoisotopic (exact) mass is 186 g/mol. The smallest absolute Gasteiger partial charge is 0.270 e. The number of hydrogen-bond acceptors (Lipinski definition) is 2. The van der Waals surface area contributed by atoms with E-state index in [-0.39, 0.29) is 5.56 Å². The average molecular weight is 186 g/mol. The molecule has 0 fully saturated rings. The minimum atomic E-state index is -2.79. The number of nitrogens with zero attached hydrogens (tertiary/aromatic N) is 1. The van der Waals surface area contributed by atoms with Crippen molar-refractivity contribution in [3.05, 3.63) is 29.6 Å². The van der Waals surface area contributed by atoms with E-state index in [1.165, 1.54) is 18.3 Å². The van der Waals surface area contributed by atoms with Gasteiger partial charge < -0.3 is 5.32 Å². The molecule has 0 unspecified atom stereocenters. The van der Waals surface area contributed by atoms with Gasteiger partial charge in [0.2, 0.25) is 0 Å². The van der Waals surface area contributed by atoms with Crippen LogP contribution in [0.3, 0.4) is 0 Å². The Morgan fingerprint density at radius 1 is 1.54 bits per heavy atom. The second-order valence-corrected chi connectivity index (χ2v) is 2.95. The molecule has 1 aromatic rings. The van der Waals surface area contributed by atoms with Gasteiger partial charge in [0.05, 0.1) is 5.69 Å². The summed E-state index contributed by atoms with van der Waals surface area (Å²) in [6.07, 6.45) is 1.40. The maximum Gasteiger partial charge on any atom is 0.270 e. The zero-order valence-electron chi connectivity index (χ0n) is 7.64. The molecule has 0 atom stereocenters. The van der Waals surface area contributed by atoms with Crippen LogP contribution in [0, 0.1) is 0 Å². The van der Waals surface area contributed by atoms with Crippen LogP contribution in [0.2, 0.25) is 0 Å². The zero-order chi connectivity index (χ0) is 9.90. The van der Waals surface area contributed by atoms with Crippen molar-refractivity contribution in [2.45, 2.75) is 19.4 Å². The Hall–Kier alpha value is -1.03. The van der Waals surface area contributed by atoms with Crippen molar-refractivity contribution < 1.29 is 8.78 Å². The van der Waals surface area contributed by atoms with Gasteiger partial charge in [0, 0.05) is 25.2 Å². The lowest BCUT2D eigenvalue weighted by atomic mass is 10.1. The molecule has 0 bridgehead atoms. The molecule has 72 valence electrons. The Kier molecular flexibility index (Phi) is 2.93. The molecule has 1 rings (SSSR count). The fraction of sp³-hybridized carbons (Fsp3) is 0.444. The first-order valence-corrected chi connectivity index (χ1v) is 4.02. The summed E-state index contributed by atoms with van der Waals surface area (Å²) in [5, 5.41) is 2.86. The molecule has 0 radical (unpaired) electrons. The molecule has 4 heteroatoms. The second-order valence-electron chi connectivity index (χ2n) is 2.95.